The van der Waals surface area contributed by atoms with E-state index in [1.807, 2.05) is 25.4 Å². The van der Waals surface area contributed by atoms with Crippen molar-refractivity contribution in [3.05, 3.63) is 30.1 Å². The van der Waals surface area contributed by atoms with Crippen LogP contribution in [0.25, 0.3) is 6.08 Å². The zero-order valence-corrected chi connectivity index (χ0v) is 15.8. The third-order valence-corrected chi connectivity index (χ3v) is 4.25. The largest absolute Gasteiger partial charge is 0.487 e. The van der Waals surface area contributed by atoms with Gasteiger partial charge in [-0.25, -0.2) is 4.79 Å². The van der Waals surface area contributed by atoms with Gasteiger partial charge in [0.2, 0.25) is 0 Å². The topological polar surface area (TPSA) is 72.9 Å². The zero-order valence-electron chi connectivity index (χ0n) is 15.8. The lowest BCUT2D eigenvalue weighted by molar-refractivity contribution is 0.0741. The van der Waals surface area contributed by atoms with Crippen molar-refractivity contribution in [2.75, 3.05) is 40.5 Å². The minimum atomic E-state index is -0.318. The number of nitrogens with zero attached hydrogens (tertiary/aromatic N) is 2. The number of amides is 1. The van der Waals surface area contributed by atoms with Crippen molar-refractivity contribution >= 4 is 12.2 Å². The van der Waals surface area contributed by atoms with Gasteiger partial charge < -0.3 is 24.4 Å². The number of likely N-dealkylation sites (tertiary alicyclic amines) is 1. The Morgan fingerprint density at radius 3 is 3.08 bits per heavy atom. The van der Waals surface area contributed by atoms with Crippen LogP contribution in [0.1, 0.15) is 25.3 Å². The van der Waals surface area contributed by atoms with Gasteiger partial charge in [-0.3, -0.25) is 4.98 Å². The summed E-state index contributed by atoms with van der Waals surface area (Å²) in [5.74, 6) is 0.716. The molecule has 0 unspecified atom stereocenters. The highest BCUT2D eigenvalue weighted by molar-refractivity contribution is 5.68. The Labute approximate surface area is 155 Å². The fourth-order valence-electron chi connectivity index (χ4n) is 2.60. The second kappa shape index (κ2) is 10.8. The van der Waals surface area contributed by atoms with Crippen LogP contribution in [0.15, 0.2) is 24.5 Å². The minimum Gasteiger partial charge on any atom is -0.487 e. The van der Waals surface area contributed by atoms with Gasteiger partial charge in [-0.05, 0) is 32.0 Å². The Morgan fingerprint density at radius 1 is 1.46 bits per heavy atom. The van der Waals surface area contributed by atoms with Crippen molar-refractivity contribution in [2.45, 2.75) is 31.9 Å². The number of aromatic nitrogens is 1. The van der Waals surface area contributed by atoms with Crippen LogP contribution >= 0.6 is 0 Å². The van der Waals surface area contributed by atoms with Crippen LogP contribution in [0, 0.1) is 0 Å². The van der Waals surface area contributed by atoms with E-state index >= 15 is 0 Å². The summed E-state index contributed by atoms with van der Waals surface area (Å²) in [6, 6.07) is 2.40. The minimum absolute atomic E-state index is 0.0460. The molecule has 0 aliphatic carbocycles. The molecule has 0 saturated carbocycles. The summed E-state index contributed by atoms with van der Waals surface area (Å²) in [5.41, 5.74) is 1.000. The van der Waals surface area contributed by atoms with Gasteiger partial charge in [-0.15, -0.1) is 0 Å². The molecule has 2 atom stereocenters. The molecule has 1 aromatic rings. The smallest absolute Gasteiger partial charge is 0.409 e. The second-order valence-electron chi connectivity index (χ2n) is 6.36. The van der Waals surface area contributed by atoms with Gasteiger partial charge in [0.25, 0.3) is 0 Å². The van der Waals surface area contributed by atoms with Crippen molar-refractivity contribution in [3.8, 4) is 5.75 Å². The third kappa shape index (κ3) is 6.65. The predicted molar refractivity (Wildman–Crippen MR) is 100 cm³/mol. The van der Waals surface area contributed by atoms with Crippen LogP contribution in [-0.2, 0) is 9.47 Å². The van der Waals surface area contributed by atoms with Crippen LogP contribution in [0.5, 0.6) is 5.75 Å². The lowest BCUT2D eigenvalue weighted by Crippen LogP contribution is -2.32. The van der Waals surface area contributed by atoms with Crippen molar-refractivity contribution < 1.29 is 19.0 Å². The van der Waals surface area contributed by atoms with E-state index in [-0.39, 0.29) is 18.8 Å². The SMILES string of the molecule is CN[C@@H](C)C/C=C/c1cncc(O[C@H]2CCN(C(=O)OCCOC)C2)c1. The third-order valence-electron chi connectivity index (χ3n) is 4.25. The van der Waals surface area contributed by atoms with E-state index < -0.39 is 0 Å². The highest BCUT2D eigenvalue weighted by Gasteiger charge is 2.28. The zero-order chi connectivity index (χ0) is 18.8. The van der Waals surface area contributed by atoms with E-state index in [9.17, 15) is 4.79 Å². The number of methoxy groups -OCH3 is 1. The Bertz CT molecular complexity index is 594. The standard InChI is InChI=1S/C19H29N3O4/c1-15(20-2)5-4-6-16-11-18(13-21-12-16)26-17-7-8-22(14-17)19(23)25-10-9-24-3/h4,6,11-13,15,17,20H,5,7-10,14H2,1-3H3/b6-4+/t15-,17-/m0/s1. The Morgan fingerprint density at radius 2 is 2.31 bits per heavy atom. The van der Waals surface area contributed by atoms with E-state index in [1.165, 1.54) is 0 Å². The van der Waals surface area contributed by atoms with Crippen molar-refractivity contribution in [1.29, 1.82) is 0 Å². The van der Waals surface area contributed by atoms with Crippen LogP contribution in [0.4, 0.5) is 4.79 Å². The van der Waals surface area contributed by atoms with Crippen molar-refractivity contribution in [3.63, 3.8) is 0 Å². The van der Waals surface area contributed by atoms with Gasteiger partial charge in [0.15, 0.2) is 0 Å². The van der Waals surface area contributed by atoms with E-state index in [1.54, 1.807) is 18.2 Å². The molecule has 0 aromatic carbocycles. The van der Waals surface area contributed by atoms with Crippen LogP contribution in [0.3, 0.4) is 0 Å². The molecule has 26 heavy (non-hydrogen) atoms. The van der Waals surface area contributed by atoms with E-state index in [2.05, 4.69) is 23.3 Å². The maximum atomic E-state index is 11.9. The average Bonchev–Trinajstić information content (AvgIpc) is 3.10. The van der Waals surface area contributed by atoms with Gasteiger partial charge in [0.05, 0.1) is 19.3 Å². The molecule has 1 aliphatic rings. The van der Waals surface area contributed by atoms with Gasteiger partial charge in [0.1, 0.15) is 18.5 Å². The number of carbonyl (C=O) groups is 1. The molecular weight excluding hydrogens is 334 g/mol. The van der Waals surface area contributed by atoms with Crippen LogP contribution in [0.2, 0.25) is 0 Å². The maximum Gasteiger partial charge on any atom is 0.409 e. The first-order valence-electron chi connectivity index (χ1n) is 8.98. The molecule has 2 rings (SSSR count). The molecule has 1 amide bonds. The summed E-state index contributed by atoms with van der Waals surface area (Å²) in [6.45, 7) is 3.95. The molecule has 1 aromatic heterocycles. The van der Waals surface area contributed by atoms with E-state index in [0.717, 1.165) is 18.4 Å². The lowest BCUT2D eigenvalue weighted by Gasteiger charge is -2.17. The molecule has 0 spiro atoms. The summed E-state index contributed by atoms with van der Waals surface area (Å²) in [4.78, 5) is 17.8. The van der Waals surface area contributed by atoms with Crippen LogP contribution in [-0.4, -0.2) is 68.6 Å². The predicted octanol–water partition coefficient (Wildman–Crippen LogP) is 2.33. The number of carbonyl (C=O) groups excluding carboxylic acids is 1. The molecule has 2 heterocycles. The first kappa shape index (κ1) is 20.2. The Balaban J connectivity index is 1.82. The molecule has 1 fully saturated rings. The first-order chi connectivity index (χ1) is 12.6. The molecule has 1 aliphatic heterocycles. The molecular formula is C19H29N3O4. The lowest BCUT2D eigenvalue weighted by atomic mass is 10.2. The number of pyridine rings is 1. The molecule has 7 heteroatoms. The summed E-state index contributed by atoms with van der Waals surface area (Å²) in [6.07, 6.45) is 9.03. The summed E-state index contributed by atoms with van der Waals surface area (Å²) in [5, 5.41) is 3.20. The summed E-state index contributed by atoms with van der Waals surface area (Å²) >= 11 is 0. The monoisotopic (exact) mass is 363 g/mol. The van der Waals surface area contributed by atoms with Crippen LogP contribution < -0.4 is 10.1 Å². The Hall–Kier alpha value is -2.12. The fraction of sp³-hybridized carbons (Fsp3) is 0.579. The Kier molecular flexibility index (Phi) is 8.37. The van der Waals surface area contributed by atoms with Gasteiger partial charge in [0, 0.05) is 32.3 Å². The van der Waals surface area contributed by atoms with Crippen molar-refractivity contribution in [1.82, 2.24) is 15.2 Å². The highest BCUT2D eigenvalue weighted by Crippen LogP contribution is 2.20. The van der Waals surface area contributed by atoms with Crippen molar-refractivity contribution in [2.24, 2.45) is 0 Å². The highest BCUT2D eigenvalue weighted by atomic mass is 16.6. The van der Waals surface area contributed by atoms with Gasteiger partial charge >= 0.3 is 6.09 Å². The number of hydrogen-bond donors (Lipinski definition) is 1. The van der Waals surface area contributed by atoms with Gasteiger partial charge in [-0.1, -0.05) is 12.2 Å². The fourth-order valence-corrected chi connectivity index (χ4v) is 2.60. The quantitative estimate of drug-likeness (QED) is 0.679. The number of nitrogens with one attached hydrogen (secondary N) is 1. The molecule has 1 N–H and O–H groups in total. The molecule has 1 saturated heterocycles. The van der Waals surface area contributed by atoms with E-state index in [4.69, 9.17) is 14.2 Å². The average molecular weight is 363 g/mol. The summed E-state index contributed by atoms with van der Waals surface area (Å²) in [7, 11) is 3.53. The second-order valence-corrected chi connectivity index (χ2v) is 6.36. The molecule has 0 radical (unpaired) electrons. The van der Waals surface area contributed by atoms with Gasteiger partial charge in [-0.2, -0.15) is 0 Å². The normalized spacial score (nSPS) is 18.3. The number of rotatable bonds is 9. The number of ether oxygens (including phenoxy) is 3. The van der Waals surface area contributed by atoms with E-state index in [0.29, 0.717) is 31.5 Å². The molecule has 144 valence electrons. The molecule has 0 bridgehead atoms. The summed E-state index contributed by atoms with van der Waals surface area (Å²) < 4.78 is 16.0. The molecule has 7 nitrogen and oxygen atoms in total. The first-order valence-corrected chi connectivity index (χ1v) is 8.98. The number of hydrogen-bond acceptors (Lipinski definition) is 6. The maximum absolute atomic E-state index is 11.9.